The fourth-order valence-electron chi connectivity index (χ4n) is 1.46. The molecule has 0 atom stereocenters. The number of hydrogen-bond donors (Lipinski definition) is 1. The molecule has 0 aliphatic rings. The minimum Gasteiger partial charge on any atom is -0.311 e. The van der Waals surface area contributed by atoms with Gasteiger partial charge in [-0.25, -0.2) is 4.79 Å². The van der Waals surface area contributed by atoms with Crippen LogP contribution in [0.5, 0.6) is 0 Å². The second-order valence-electron chi connectivity index (χ2n) is 4.28. The average molecular weight is 223 g/mol. The van der Waals surface area contributed by atoms with Crippen molar-refractivity contribution >= 4 is 0 Å². The van der Waals surface area contributed by atoms with Crippen molar-refractivity contribution in [2.75, 3.05) is 6.54 Å². The van der Waals surface area contributed by atoms with Crippen LogP contribution in [0.2, 0.25) is 0 Å². The van der Waals surface area contributed by atoms with Crippen LogP contribution in [-0.4, -0.2) is 21.7 Å². The van der Waals surface area contributed by atoms with Crippen molar-refractivity contribution in [3.63, 3.8) is 0 Å². The lowest BCUT2D eigenvalue weighted by molar-refractivity contribution is 0.594. The third-order valence-electron chi connectivity index (χ3n) is 2.41. The highest BCUT2D eigenvalue weighted by molar-refractivity contribution is 4.99. The van der Waals surface area contributed by atoms with Crippen molar-refractivity contribution in [1.29, 1.82) is 0 Å². The van der Waals surface area contributed by atoms with E-state index < -0.39 is 0 Å². The van der Waals surface area contributed by atoms with Crippen LogP contribution in [0.1, 0.15) is 20.8 Å². The summed E-state index contributed by atoms with van der Waals surface area (Å²) in [6, 6.07) is 0.439. The van der Waals surface area contributed by atoms with Crippen LogP contribution in [-0.2, 0) is 13.1 Å². The van der Waals surface area contributed by atoms with Gasteiger partial charge in [0, 0.05) is 38.1 Å². The normalized spacial score (nSPS) is 11.0. The third-order valence-corrected chi connectivity index (χ3v) is 2.41. The fourth-order valence-corrected chi connectivity index (χ4v) is 1.46. The second kappa shape index (κ2) is 5.70. The first-order chi connectivity index (χ1) is 7.54. The Balaban J connectivity index is 2.56. The molecule has 0 aromatic carbocycles. The van der Waals surface area contributed by atoms with E-state index in [1.165, 1.54) is 0 Å². The zero-order valence-electron chi connectivity index (χ0n) is 10.4. The van der Waals surface area contributed by atoms with Crippen molar-refractivity contribution in [2.24, 2.45) is 0 Å². The molecule has 4 nitrogen and oxygen atoms in total. The third kappa shape index (κ3) is 3.38. The average Bonchev–Trinajstić information content (AvgIpc) is 2.57. The molecule has 1 aromatic rings. The summed E-state index contributed by atoms with van der Waals surface area (Å²) in [6.07, 6.45) is 3.62. The summed E-state index contributed by atoms with van der Waals surface area (Å²) >= 11 is 0. The van der Waals surface area contributed by atoms with Crippen LogP contribution in [0.15, 0.2) is 29.3 Å². The van der Waals surface area contributed by atoms with E-state index in [9.17, 15) is 4.79 Å². The summed E-state index contributed by atoms with van der Waals surface area (Å²) in [4.78, 5) is 11.7. The van der Waals surface area contributed by atoms with Gasteiger partial charge in [0.25, 0.3) is 0 Å². The van der Waals surface area contributed by atoms with Crippen LogP contribution in [0.25, 0.3) is 0 Å². The van der Waals surface area contributed by atoms with E-state index in [0.29, 0.717) is 19.1 Å². The van der Waals surface area contributed by atoms with Gasteiger partial charge in [0.15, 0.2) is 0 Å². The first kappa shape index (κ1) is 12.8. The molecule has 0 amide bonds. The second-order valence-corrected chi connectivity index (χ2v) is 4.28. The Labute approximate surface area is 96.6 Å². The Morgan fingerprint density at radius 3 is 2.56 bits per heavy atom. The molecule has 4 heteroatoms. The van der Waals surface area contributed by atoms with Crippen LogP contribution >= 0.6 is 0 Å². The summed E-state index contributed by atoms with van der Waals surface area (Å²) < 4.78 is 3.37. The summed E-state index contributed by atoms with van der Waals surface area (Å²) in [5, 5.41) is 3.28. The molecule has 0 unspecified atom stereocenters. The predicted molar refractivity (Wildman–Crippen MR) is 66.6 cm³/mol. The minimum absolute atomic E-state index is 0.0354. The Bertz CT molecular complexity index is 401. The number of aryl methyl sites for hydroxylation is 1. The van der Waals surface area contributed by atoms with Gasteiger partial charge in [-0.15, -0.1) is 0 Å². The van der Waals surface area contributed by atoms with Gasteiger partial charge < -0.3 is 5.32 Å². The highest BCUT2D eigenvalue weighted by atomic mass is 16.1. The van der Waals surface area contributed by atoms with Crippen molar-refractivity contribution in [2.45, 2.75) is 39.9 Å². The molecule has 1 N–H and O–H groups in total. The molecule has 1 aromatic heterocycles. The van der Waals surface area contributed by atoms with Crippen molar-refractivity contribution < 1.29 is 0 Å². The number of nitrogens with one attached hydrogen (secondary N) is 1. The number of aromatic nitrogens is 2. The standard InChI is InChI=1S/C12H21N3O/c1-5-14-6-7-15(12(14)16)9-11(4)8-13-10(2)3/h6-7,10,13H,4-5,8-9H2,1-3H3. The first-order valence-electron chi connectivity index (χ1n) is 5.70. The molecule has 0 aliphatic heterocycles. The Hall–Kier alpha value is -1.29. The van der Waals surface area contributed by atoms with E-state index >= 15 is 0 Å². The van der Waals surface area contributed by atoms with E-state index in [0.717, 1.165) is 12.1 Å². The lowest BCUT2D eigenvalue weighted by Crippen LogP contribution is -2.28. The summed E-state index contributed by atoms with van der Waals surface area (Å²) in [5.74, 6) is 0. The molecule has 0 fully saturated rings. The first-order valence-corrected chi connectivity index (χ1v) is 5.70. The molecular formula is C12H21N3O. The molecule has 0 aliphatic carbocycles. The molecule has 16 heavy (non-hydrogen) atoms. The maximum Gasteiger partial charge on any atom is 0.328 e. The highest BCUT2D eigenvalue weighted by Gasteiger charge is 2.03. The van der Waals surface area contributed by atoms with E-state index in [-0.39, 0.29) is 5.69 Å². The zero-order valence-corrected chi connectivity index (χ0v) is 10.4. The topological polar surface area (TPSA) is 39.0 Å². The molecule has 0 radical (unpaired) electrons. The number of hydrogen-bond acceptors (Lipinski definition) is 2. The van der Waals surface area contributed by atoms with Crippen molar-refractivity contribution in [1.82, 2.24) is 14.5 Å². The lowest BCUT2D eigenvalue weighted by Gasteiger charge is -2.10. The quantitative estimate of drug-likeness (QED) is 0.737. The smallest absolute Gasteiger partial charge is 0.311 e. The SMILES string of the molecule is C=C(CNC(C)C)Cn1ccn(CC)c1=O. The summed E-state index contributed by atoms with van der Waals surface area (Å²) in [7, 11) is 0. The zero-order chi connectivity index (χ0) is 12.1. The highest BCUT2D eigenvalue weighted by Crippen LogP contribution is 1.95. The Morgan fingerprint density at radius 1 is 1.44 bits per heavy atom. The van der Waals surface area contributed by atoms with Gasteiger partial charge in [-0.2, -0.15) is 0 Å². The molecule has 0 spiro atoms. The maximum absolute atomic E-state index is 11.7. The lowest BCUT2D eigenvalue weighted by atomic mass is 10.3. The fraction of sp³-hybridized carbons (Fsp3) is 0.583. The van der Waals surface area contributed by atoms with E-state index in [1.807, 2.05) is 19.3 Å². The molecule has 1 rings (SSSR count). The Morgan fingerprint density at radius 2 is 2.06 bits per heavy atom. The monoisotopic (exact) mass is 223 g/mol. The van der Waals surface area contributed by atoms with E-state index in [4.69, 9.17) is 0 Å². The predicted octanol–water partition coefficient (Wildman–Crippen LogP) is 1.22. The Kier molecular flexibility index (Phi) is 4.55. The van der Waals surface area contributed by atoms with Crippen molar-refractivity contribution in [3.8, 4) is 0 Å². The molecular weight excluding hydrogens is 202 g/mol. The van der Waals surface area contributed by atoms with Gasteiger partial charge in [0.1, 0.15) is 0 Å². The van der Waals surface area contributed by atoms with E-state index in [1.54, 1.807) is 9.13 Å². The van der Waals surface area contributed by atoms with Crippen LogP contribution in [0, 0.1) is 0 Å². The van der Waals surface area contributed by atoms with Gasteiger partial charge in [0.05, 0.1) is 0 Å². The van der Waals surface area contributed by atoms with Gasteiger partial charge in [-0.1, -0.05) is 20.4 Å². The van der Waals surface area contributed by atoms with Crippen molar-refractivity contribution in [3.05, 3.63) is 35.0 Å². The maximum atomic E-state index is 11.7. The molecule has 0 saturated carbocycles. The van der Waals surface area contributed by atoms with Crippen LogP contribution in [0.4, 0.5) is 0 Å². The summed E-state index contributed by atoms with van der Waals surface area (Å²) in [5.41, 5.74) is 1.05. The number of imidazole rings is 1. The van der Waals surface area contributed by atoms with Gasteiger partial charge in [0.2, 0.25) is 0 Å². The van der Waals surface area contributed by atoms with E-state index in [2.05, 4.69) is 25.7 Å². The largest absolute Gasteiger partial charge is 0.328 e. The number of nitrogens with zero attached hydrogens (tertiary/aromatic N) is 2. The van der Waals surface area contributed by atoms with Crippen LogP contribution < -0.4 is 11.0 Å². The minimum atomic E-state index is 0.0354. The molecule has 1 heterocycles. The molecule has 0 bridgehead atoms. The van der Waals surface area contributed by atoms with Gasteiger partial charge in [-0.3, -0.25) is 9.13 Å². The van der Waals surface area contributed by atoms with Gasteiger partial charge >= 0.3 is 5.69 Å². The number of rotatable bonds is 6. The molecule has 0 saturated heterocycles. The summed E-state index contributed by atoms with van der Waals surface area (Å²) in [6.45, 7) is 12.2. The van der Waals surface area contributed by atoms with Gasteiger partial charge in [-0.05, 0) is 12.5 Å². The molecule has 90 valence electrons. The van der Waals surface area contributed by atoms with Crippen LogP contribution in [0.3, 0.4) is 0 Å².